The largest absolute Gasteiger partial charge is 0.370 e. The predicted octanol–water partition coefficient (Wildman–Crippen LogP) is 2.81. The summed E-state index contributed by atoms with van der Waals surface area (Å²) in [7, 11) is 0. The molecule has 1 amide bonds. The predicted molar refractivity (Wildman–Crippen MR) is 93.9 cm³/mol. The van der Waals surface area contributed by atoms with Crippen molar-refractivity contribution in [1.82, 2.24) is 5.32 Å². The molecule has 1 aliphatic rings. The molecule has 4 nitrogen and oxygen atoms in total. The van der Waals surface area contributed by atoms with Crippen LogP contribution in [-0.4, -0.2) is 25.0 Å². The monoisotopic (exact) mass is 329 g/mol. The molecule has 0 aliphatic carbocycles. The lowest BCUT2D eigenvalue weighted by Crippen LogP contribution is -2.32. The van der Waals surface area contributed by atoms with Crippen LogP contribution in [0.2, 0.25) is 5.02 Å². The number of amides is 1. The number of halogens is 1. The molecule has 0 aromatic heterocycles. The highest BCUT2D eigenvalue weighted by molar-refractivity contribution is 6.30. The summed E-state index contributed by atoms with van der Waals surface area (Å²) in [5.74, 6) is -0.391. The maximum absolute atomic E-state index is 11.1. The number of carbonyl (C=O) groups is 1. The molecule has 2 aromatic rings. The fourth-order valence-electron chi connectivity index (χ4n) is 2.88. The van der Waals surface area contributed by atoms with Gasteiger partial charge in [-0.1, -0.05) is 29.8 Å². The zero-order chi connectivity index (χ0) is 16.2. The van der Waals surface area contributed by atoms with Crippen LogP contribution in [0, 0.1) is 0 Å². The first-order chi connectivity index (χ1) is 11.1. The van der Waals surface area contributed by atoms with Crippen molar-refractivity contribution < 1.29 is 4.79 Å². The Hall–Kier alpha value is -2.04. The van der Waals surface area contributed by atoms with Gasteiger partial charge in [0.2, 0.25) is 5.91 Å². The van der Waals surface area contributed by atoms with E-state index in [1.165, 1.54) is 5.69 Å². The Morgan fingerprint density at radius 1 is 1.26 bits per heavy atom. The van der Waals surface area contributed by atoms with Crippen LogP contribution in [0.4, 0.5) is 5.69 Å². The van der Waals surface area contributed by atoms with Gasteiger partial charge in [-0.15, -0.1) is 0 Å². The Morgan fingerprint density at radius 2 is 2.04 bits per heavy atom. The van der Waals surface area contributed by atoms with Crippen molar-refractivity contribution in [2.45, 2.75) is 19.0 Å². The van der Waals surface area contributed by atoms with E-state index < -0.39 is 5.91 Å². The average molecular weight is 330 g/mol. The Balaban J connectivity index is 1.53. The lowest BCUT2D eigenvalue weighted by Gasteiger charge is -2.19. The van der Waals surface area contributed by atoms with Crippen molar-refractivity contribution >= 4 is 23.2 Å². The molecule has 0 radical (unpaired) electrons. The van der Waals surface area contributed by atoms with Crippen LogP contribution in [0.15, 0.2) is 48.5 Å². The molecule has 1 saturated heterocycles. The number of primary amides is 1. The number of carbonyl (C=O) groups excluding carboxylic acids is 1. The molecule has 1 aliphatic heterocycles. The van der Waals surface area contributed by atoms with Crippen LogP contribution in [0.25, 0.3) is 0 Å². The van der Waals surface area contributed by atoms with E-state index in [0.717, 1.165) is 36.6 Å². The summed E-state index contributed by atoms with van der Waals surface area (Å²) in [6.45, 7) is 2.78. The molecule has 1 fully saturated rings. The van der Waals surface area contributed by atoms with Crippen molar-refractivity contribution in [3.05, 3.63) is 64.7 Å². The van der Waals surface area contributed by atoms with E-state index in [2.05, 4.69) is 16.3 Å². The molecule has 5 heteroatoms. The van der Waals surface area contributed by atoms with Crippen LogP contribution in [-0.2, 0) is 6.54 Å². The van der Waals surface area contributed by atoms with Crippen LogP contribution in [0.1, 0.15) is 22.3 Å². The van der Waals surface area contributed by atoms with E-state index in [1.54, 1.807) is 12.1 Å². The number of benzene rings is 2. The van der Waals surface area contributed by atoms with Crippen molar-refractivity contribution in [1.29, 1.82) is 0 Å². The van der Waals surface area contributed by atoms with Crippen molar-refractivity contribution in [3.8, 4) is 0 Å². The minimum atomic E-state index is -0.391. The summed E-state index contributed by atoms with van der Waals surface area (Å²) < 4.78 is 0. The SMILES string of the molecule is NC(=O)c1ccc(CN[C@H]2CCN(c3cccc(Cl)c3)C2)cc1. The smallest absolute Gasteiger partial charge is 0.248 e. The minimum Gasteiger partial charge on any atom is -0.370 e. The van der Waals surface area contributed by atoms with Crippen LogP contribution in [0.3, 0.4) is 0 Å². The van der Waals surface area contributed by atoms with Gasteiger partial charge in [-0.2, -0.15) is 0 Å². The van der Waals surface area contributed by atoms with Gasteiger partial charge in [0.05, 0.1) is 0 Å². The number of rotatable bonds is 5. The van der Waals surface area contributed by atoms with E-state index in [9.17, 15) is 4.79 Å². The van der Waals surface area contributed by atoms with Gasteiger partial charge in [0.15, 0.2) is 0 Å². The summed E-state index contributed by atoms with van der Waals surface area (Å²) >= 11 is 6.06. The third-order valence-corrected chi connectivity index (χ3v) is 4.43. The lowest BCUT2D eigenvalue weighted by atomic mass is 10.1. The van der Waals surface area contributed by atoms with E-state index in [4.69, 9.17) is 17.3 Å². The Labute approximate surface area is 141 Å². The summed E-state index contributed by atoms with van der Waals surface area (Å²) in [5, 5.41) is 4.34. The Morgan fingerprint density at radius 3 is 2.74 bits per heavy atom. The first-order valence-corrected chi connectivity index (χ1v) is 8.12. The summed E-state index contributed by atoms with van der Waals surface area (Å²) in [5.41, 5.74) is 8.12. The van der Waals surface area contributed by atoms with Crippen LogP contribution in [0.5, 0.6) is 0 Å². The molecule has 0 saturated carbocycles. The lowest BCUT2D eigenvalue weighted by molar-refractivity contribution is 0.100. The number of hydrogen-bond acceptors (Lipinski definition) is 3. The van der Waals surface area contributed by atoms with Gasteiger partial charge < -0.3 is 16.0 Å². The van der Waals surface area contributed by atoms with Crippen LogP contribution < -0.4 is 16.0 Å². The van der Waals surface area contributed by atoms with Crippen molar-refractivity contribution in [3.63, 3.8) is 0 Å². The zero-order valence-corrected chi connectivity index (χ0v) is 13.6. The second-order valence-electron chi connectivity index (χ2n) is 5.85. The second-order valence-corrected chi connectivity index (χ2v) is 6.29. The number of anilines is 1. The molecule has 1 heterocycles. The summed E-state index contributed by atoms with van der Waals surface area (Å²) in [6.07, 6.45) is 1.10. The molecule has 0 unspecified atom stereocenters. The number of hydrogen-bond donors (Lipinski definition) is 2. The van der Waals surface area contributed by atoms with Gasteiger partial charge in [-0.3, -0.25) is 4.79 Å². The summed E-state index contributed by atoms with van der Waals surface area (Å²) in [6, 6.07) is 15.9. The number of nitrogens with one attached hydrogen (secondary N) is 1. The highest BCUT2D eigenvalue weighted by Crippen LogP contribution is 2.23. The molecule has 23 heavy (non-hydrogen) atoms. The molecular weight excluding hydrogens is 310 g/mol. The van der Waals surface area contributed by atoms with E-state index in [-0.39, 0.29) is 0 Å². The first-order valence-electron chi connectivity index (χ1n) is 7.74. The van der Waals surface area contributed by atoms with Crippen LogP contribution >= 0.6 is 11.6 Å². The average Bonchev–Trinajstić information content (AvgIpc) is 3.02. The molecule has 0 spiro atoms. The molecule has 1 atom stereocenters. The highest BCUT2D eigenvalue weighted by atomic mass is 35.5. The van der Waals surface area contributed by atoms with Gasteiger partial charge in [0.25, 0.3) is 0 Å². The van der Waals surface area contributed by atoms with E-state index in [0.29, 0.717) is 11.6 Å². The topological polar surface area (TPSA) is 58.4 Å². The highest BCUT2D eigenvalue weighted by Gasteiger charge is 2.22. The molecule has 3 rings (SSSR count). The van der Waals surface area contributed by atoms with Gasteiger partial charge in [0, 0.05) is 41.9 Å². The molecule has 120 valence electrons. The van der Waals surface area contributed by atoms with E-state index >= 15 is 0 Å². The second kappa shape index (κ2) is 7.02. The standard InChI is InChI=1S/C18H20ClN3O/c19-15-2-1-3-17(10-15)22-9-8-16(12-22)21-11-13-4-6-14(7-5-13)18(20)23/h1-7,10,16,21H,8-9,11-12H2,(H2,20,23)/t16-/m0/s1. The third kappa shape index (κ3) is 4.03. The van der Waals surface area contributed by atoms with Crippen molar-refractivity contribution in [2.24, 2.45) is 5.73 Å². The maximum Gasteiger partial charge on any atom is 0.248 e. The fraction of sp³-hybridized carbons (Fsp3) is 0.278. The first kappa shape index (κ1) is 15.8. The van der Waals surface area contributed by atoms with Gasteiger partial charge in [-0.05, 0) is 42.3 Å². The Bertz CT molecular complexity index is 687. The minimum absolute atomic E-state index is 0.391. The molecule has 3 N–H and O–H groups in total. The normalized spacial score (nSPS) is 17.4. The summed E-state index contributed by atoms with van der Waals surface area (Å²) in [4.78, 5) is 13.4. The van der Waals surface area contributed by atoms with E-state index in [1.807, 2.05) is 30.3 Å². The molecule has 2 aromatic carbocycles. The van der Waals surface area contributed by atoms with Gasteiger partial charge >= 0.3 is 0 Å². The third-order valence-electron chi connectivity index (χ3n) is 4.19. The Kier molecular flexibility index (Phi) is 4.84. The van der Waals surface area contributed by atoms with Gasteiger partial charge in [0.1, 0.15) is 0 Å². The number of nitrogens with two attached hydrogens (primary N) is 1. The van der Waals surface area contributed by atoms with Gasteiger partial charge in [-0.25, -0.2) is 0 Å². The quantitative estimate of drug-likeness (QED) is 0.886. The fourth-order valence-corrected chi connectivity index (χ4v) is 3.07. The molecular formula is C18H20ClN3O. The zero-order valence-electron chi connectivity index (χ0n) is 12.8. The maximum atomic E-state index is 11.1. The van der Waals surface area contributed by atoms with Crippen molar-refractivity contribution in [2.75, 3.05) is 18.0 Å². The number of nitrogens with zero attached hydrogens (tertiary/aromatic N) is 1. The molecule has 0 bridgehead atoms.